The van der Waals surface area contributed by atoms with E-state index >= 15 is 0 Å². The molecule has 1 aromatic rings. The van der Waals surface area contributed by atoms with E-state index in [0.29, 0.717) is 5.75 Å². The lowest BCUT2D eigenvalue weighted by atomic mass is 10.2. The molecule has 0 aliphatic carbocycles. The van der Waals surface area contributed by atoms with E-state index < -0.39 is 0 Å². The number of methoxy groups -OCH3 is 1. The first kappa shape index (κ1) is 7.72. The largest absolute Gasteiger partial charge is 0.504 e. The van der Waals surface area contributed by atoms with Crippen LogP contribution in [-0.2, 0) is 0 Å². The number of ether oxygens (including phenoxy) is 1. The molecule has 1 rings (SSSR count). The molecule has 0 spiro atoms. The van der Waals surface area contributed by atoms with Crippen LogP contribution < -0.4 is 4.74 Å². The molecule has 0 unspecified atom stereocenters. The molecule has 0 bridgehead atoms. The third-order valence-electron chi connectivity index (χ3n) is 1.49. The van der Waals surface area contributed by atoms with Gasteiger partial charge in [0.05, 0.1) is 7.11 Å². The van der Waals surface area contributed by atoms with Crippen LogP contribution in [0, 0.1) is 6.92 Å². The van der Waals surface area contributed by atoms with Crippen molar-refractivity contribution in [1.29, 1.82) is 0 Å². The summed E-state index contributed by atoms with van der Waals surface area (Å²) in [5.41, 5.74) is 0.794. The summed E-state index contributed by atoms with van der Waals surface area (Å²) in [7, 11) is 1.51. The number of benzene rings is 1. The van der Waals surface area contributed by atoms with Gasteiger partial charge in [0.15, 0.2) is 11.5 Å². The number of rotatable bonds is 1. The van der Waals surface area contributed by atoms with E-state index in [0.717, 1.165) is 5.56 Å². The van der Waals surface area contributed by atoms with E-state index in [9.17, 15) is 0 Å². The zero-order valence-corrected chi connectivity index (χ0v) is 6.46. The van der Waals surface area contributed by atoms with Crippen molar-refractivity contribution >= 4 is 0 Å². The van der Waals surface area contributed by atoms with Gasteiger partial charge in [-0.3, -0.25) is 0 Å². The van der Waals surface area contributed by atoms with Gasteiger partial charge in [0.2, 0.25) is 0 Å². The fraction of sp³-hybridized carbons (Fsp3) is 0.250. The maximum absolute atomic E-state index is 9.03. The highest BCUT2D eigenvalue weighted by Crippen LogP contribution is 2.31. The van der Waals surface area contributed by atoms with Crippen molar-refractivity contribution in [2.45, 2.75) is 6.92 Å². The van der Waals surface area contributed by atoms with Gasteiger partial charge in [0.25, 0.3) is 0 Å². The van der Waals surface area contributed by atoms with Crippen LogP contribution in [0.15, 0.2) is 12.1 Å². The molecule has 0 fully saturated rings. The van der Waals surface area contributed by atoms with E-state index in [1.54, 1.807) is 6.92 Å². The van der Waals surface area contributed by atoms with Crippen LogP contribution in [0.3, 0.4) is 0 Å². The Balaban J connectivity index is 3.21. The fourth-order valence-electron chi connectivity index (χ4n) is 0.882. The lowest BCUT2D eigenvalue weighted by Gasteiger charge is -2.05. The van der Waals surface area contributed by atoms with Crippen LogP contribution in [0.1, 0.15) is 5.56 Å². The summed E-state index contributed by atoms with van der Waals surface area (Å²) in [6.07, 6.45) is 0. The van der Waals surface area contributed by atoms with Gasteiger partial charge in [-0.15, -0.1) is 0 Å². The second kappa shape index (κ2) is 2.70. The van der Waals surface area contributed by atoms with E-state index in [1.807, 2.05) is 0 Å². The maximum Gasteiger partial charge on any atom is 0.161 e. The van der Waals surface area contributed by atoms with Crippen LogP contribution >= 0.6 is 0 Å². The number of aryl methyl sites for hydroxylation is 1. The summed E-state index contributed by atoms with van der Waals surface area (Å²) < 4.78 is 4.91. The number of phenolic OH excluding ortho intramolecular Hbond substituents is 2. The molecule has 0 radical (unpaired) electrons. The average molecular weight is 154 g/mol. The van der Waals surface area contributed by atoms with Gasteiger partial charge in [-0.25, -0.2) is 0 Å². The highest BCUT2D eigenvalue weighted by Gasteiger charge is 2.04. The minimum atomic E-state index is -0.160. The maximum atomic E-state index is 9.03. The average Bonchev–Trinajstić information content (AvgIpc) is 1.97. The van der Waals surface area contributed by atoms with E-state index in [-0.39, 0.29) is 11.5 Å². The van der Waals surface area contributed by atoms with Crippen molar-refractivity contribution < 1.29 is 14.9 Å². The molecule has 3 heteroatoms. The molecule has 0 atom stereocenters. The Morgan fingerprint density at radius 3 is 2.27 bits per heavy atom. The Bertz CT molecular complexity index is 268. The summed E-state index contributed by atoms with van der Waals surface area (Å²) in [5.74, 6) is 0.288. The Morgan fingerprint density at radius 2 is 1.73 bits per heavy atom. The van der Waals surface area contributed by atoms with Crippen molar-refractivity contribution in [2.75, 3.05) is 7.11 Å². The molecule has 1 aromatic carbocycles. The van der Waals surface area contributed by atoms with Crippen LogP contribution in [0.5, 0.6) is 17.2 Å². The Morgan fingerprint density at radius 1 is 1.18 bits per heavy atom. The van der Waals surface area contributed by atoms with Crippen molar-refractivity contribution in [2.24, 2.45) is 0 Å². The van der Waals surface area contributed by atoms with Crippen LogP contribution in [0.25, 0.3) is 0 Å². The monoisotopic (exact) mass is 154 g/mol. The quantitative estimate of drug-likeness (QED) is 0.601. The molecule has 11 heavy (non-hydrogen) atoms. The zero-order valence-electron chi connectivity index (χ0n) is 6.46. The number of aromatic hydroxyl groups is 2. The molecule has 0 aliphatic rings. The van der Waals surface area contributed by atoms with Crippen molar-refractivity contribution in [1.82, 2.24) is 0 Å². The lowest BCUT2D eigenvalue weighted by molar-refractivity contribution is 0.384. The number of phenols is 2. The van der Waals surface area contributed by atoms with Gasteiger partial charge in [-0.2, -0.15) is 0 Å². The second-order valence-electron chi connectivity index (χ2n) is 2.31. The standard InChI is InChI=1S/C8H10O3/c1-5-3-6(9)7(10)4-8(5)11-2/h3-4,9-10H,1-2H3. The van der Waals surface area contributed by atoms with Gasteiger partial charge in [-0.05, 0) is 18.6 Å². The molecule has 2 N–H and O–H groups in total. The van der Waals surface area contributed by atoms with Gasteiger partial charge >= 0.3 is 0 Å². The Labute approximate surface area is 64.9 Å². The van der Waals surface area contributed by atoms with Crippen LogP contribution in [0.2, 0.25) is 0 Å². The minimum Gasteiger partial charge on any atom is -0.504 e. The Hall–Kier alpha value is -1.38. The number of hydrogen-bond acceptors (Lipinski definition) is 3. The summed E-state index contributed by atoms with van der Waals surface area (Å²) in [4.78, 5) is 0. The molecular formula is C8H10O3. The SMILES string of the molecule is COc1cc(O)c(O)cc1C. The topological polar surface area (TPSA) is 49.7 Å². The predicted octanol–water partition coefficient (Wildman–Crippen LogP) is 1.41. The molecule has 0 heterocycles. The van der Waals surface area contributed by atoms with Gasteiger partial charge < -0.3 is 14.9 Å². The first-order valence-corrected chi connectivity index (χ1v) is 3.21. The van der Waals surface area contributed by atoms with Crippen molar-refractivity contribution in [3.63, 3.8) is 0 Å². The molecule has 0 saturated heterocycles. The molecule has 0 saturated carbocycles. The second-order valence-corrected chi connectivity index (χ2v) is 2.31. The van der Waals surface area contributed by atoms with Gasteiger partial charge in [-0.1, -0.05) is 0 Å². The number of hydrogen-bond donors (Lipinski definition) is 2. The normalized spacial score (nSPS) is 9.64. The third-order valence-corrected chi connectivity index (χ3v) is 1.49. The Kier molecular flexibility index (Phi) is 1.89. The molecular weight excluding hydrogens is 144 g/mol. The first-order chi connectivity index (χ1) is 5.15. The molecule has 3 nitrogen and oxygen atoms in total. The zero-order chi connectivity index (χ0) is 8.43. The first-order valence-electron chi connectivity index (χ1n) is 3.21. The van der Waals surface area contributed by atoms with Crippen molar-refractivity contribution in [3.8, 4) is 17.2 Å². The summed E-state index contributed by atoms with van der Waals surface area (Å²) in [6.45, 7) is 1.79. The minimum absolute atomic E-state index is 0.122. The molecule has 0 amide bonds. The van der Waals surface area contributed by atoms with Crippen molar-refractivity contribution in [3.05, 3.63) is 17.7 Å². The molecule has 60 valence electrons. The third kappa shape index (κ3) is 1.37. The van der Waals surface area contributed by atoms with E-state index in [2.05, 4.69) is 0 Å². The molecule has 0 aliphatic heterocycles. The van der Waals surface area contributed by atoms with E-state index in [1.165, 1.54) is 19.2 Å². The van der Waals surface area contributed by atoms with E-state index in [4.69, 9.17) is 14.9 Å². The highest BCUT2D eigenvalue weighted by molar-refractivity contribution is 5.48. The summed E-state index contributed by atoms with van der Waals surface area (Å²) in [5, 5.41) is 18.0. The molecule has 0 aromatic heterocycles. The smallest absolute Gasteiger partial charge is 0.161 e. The van der Waals surface area contributed by atoms with Gasteiger partial charge in [0.1, 0.15) is 5.75 Å². The lowest BCUT2D eigenvalue weighted by Crippen LogP contribution is -1.85. The van der Waals surface area contributed by atoms with Crippen LogP contribution in [0.4, 0.5) is 0 Å². The van der Waals surface area contributed by atoms with Crippen LogP contribution in [-0.4, -0.2) is 17.3 Å². The summed E-state index contributed by atoms with van der Waals surface area (Å²) >= 11 is 0. The van der Waals surface area contributed by atoms with Gasteiger partial charge in [0, 0.05) is 6.07 Å². The highest BCUT2D eigenvalue weighted by atomic mass is 16.5. The predicted molar refractivity (Wildman–Crippen MR) is 41.1 cm³/mol. The fourth-order valence-corrected chi connectivity index (χ4v) is 0.882. The summed E-state index contributed by atoms with van der Waals surface area (Å²) in [6, 6.07) is 2.83.